The van der Waals surface area contributed by atoms with Crippen molar-refractivity contribution in [3.8, 4) is 41.9 Å². The van der Waals surface area contributed by atoms with E-state index < -0.39 is 11.6 Å². The fourth-order valence-corrected chi connectivity index (χ4v) is 6.87. The summed E-state index contributed by atoms with van der Waals surface area (Å²) < 4.78 is 37.6. The van der Waals surface area contributed by atoms with E-state index in [0.717, 1.165) is 32.4 Å². The average Bonchev–Trinajstić information content (AvgIpc) is 3.59. The molecule has 0 bridgehead atoms. The number of nitrogens with zero attached hydrogens (tertiary/aromatic N) is 8. The van der Waals surface area contributed by atoms with Crippen LogP contribution >= 0.6 is 0 Å². The lowest BCUT2D eigenvalue weighted by Crippen LogP contribution is -2.45. The highest BCUT2D eigenvalue weighted by Crippen LogP contribution is 2.41. The molecule has 2 aromatic heterocycles. The Bertz CT molecular complexity index is 1970. The number of anilines is 1. The number of ether oxygens (including phenoxy) is 1. The van der Waals surface area contributed by atoms with Crippen LogP contribution in [0.1, 0.15) is 31.7 Å². The molecule has 0 N–H and O–H groups in total. The van der Waals surface area contributed by atoms with Gasteiger partial charge in [-0.25, -0.2) is 8.78 Å². The Morgan fingerprint density at radius 1 is 1.09 bits per heavy atom. The molecule has 7 rings (SSSR count). The van der Waals surface area contributed by atoms with Crippen LogP contribution in [0.25, 0.3) is 32.9 Å². The van der Waals surface area contributed by atoms with Crippen LogP contribution in [-0.2, 0) is 0 Å². The number of terminal acetylenes is 1. The Kier molecular flexibility index (Phi) is 8.41. The fourth-order valence-electron chi connectivity index (χ4n) is 6.87. The summed E-state index contributed by atoms with van der Waals surface area (Å²) in [5, 5.41) is 18.2. The SMILES string of the molecule is C#Cc1c(F)ccc2cccc(-c3ncc4c(N5CCN(C#N)CC5)nc(OCC56CCCN5CC(=C)C6)nc4c3F)c12.CC#N. The second-order valence-electron chi connectivity index (χ2n) is 11.7. The van der Waals surface area contributed by atoms with E-state index in [0.29, 0.717) is 60.3 Å². The molecule has 0 amide bonds. The van der Waals surface area contributed by atoms with Gasteiger partial charge in [-0.15, -0.1) is 6.42 Å². The van der Waals surface area contributed by atoms with Crippen molar-refractivity contribution in [1.82, 2.24) is 24.8 Å². The number of hydrogen-bond acceptors (Lipinski definition) is 9. The fraction of sp³-hybridized carbons (Fsp3) is 0.343. The molecule has 11 heteroatoms. The predicted molar refractivity (Wildman–Crippen MR) is 172 cm³/mol. The molecule has 0 spiro atoms. The number of rotatable bonds is 5. The van der Waals surface area contributed by atoms with Crippen LogP contribution in [0.4, 0.5) is 14.6 Å². The summed E-state index contributed by atoms with van der Waals surface area (Å²) in [4.78, 5) is 20.0. The highest BCUT2D eigenvalue weighted by Gasteiger charge is 2.46. The van der Waals surface area contributed by atoms with Crippen molar-refractivity contribution in [2.45, 2.75) is 31.7 Å². The number of aromatic nitrogens is 3. The maximum Gasteiger partial charge on any atom is 0.319 e. The lowest BCUT2D eigenvalue weighted by atomic mass is 9.94. The molecule has 0 radical (unpaired) electrons. The molecule has 2 aromatic carbocycles. The third-order valence-corrected chi connectivity index (χ3v) is 8.96. The van der Waals surface area contributed by atoms with Gasteiger partial charge in [-0.1, -0.05) is 42.3 Å². The zero-order chi connectivity index (χ0) is 32.4. The van der Waals surface area contributed by atoms with Gasteiger partial charge in [0.25, 0.3) is 0 Å². The average molecular weight is 619 g/mol. The van der Waals surface area contributed by atoms with E-state index in [2.05, 4.69) is 33.6 Å². The molecular weight excluding hydrogens is 586 g/mol. The van der Waals surface area contributed by atoms with Gasteiger partial charge in [0.1, 0.15) is 29.5 Å². The molecule has 3 fully saturated rings. The van der Waals surface area contributed by atoms with Crippen LogP contribution < -0.4 is 9.64 Å². The quantitative estimate of drug-likeness (QED) is 0.165. The molecule has 1 atom stereocenters. The lowest BCUT2D eigenvalue weighted by molar-refractivity contribution is 0.108. The van der Waals surface area contributed by atoms with Gasteiger partial charge in [0, 0.05) is 56.8 Å². The first kappa shape index (κ1) is 30.7. The summed E-state index contributed by atoms with van der Waals surface area (Å²) in [7, 11) is 0. The Balaban J connectivity index is 0.00000119. The van der Waals surface area contributed by atoms with E-state index in [1.807, 2.05) is 4.90 Å². The Morgan fingerprint density at radius 3 is 2.61 bits per heavy atom. The van der Waals surface area contributed by atoms with Crippen LogP contribution in [0.3, 0.4) is 0 Å². The van der Waals surface area contributed by atoms with E-state index >= 15 is 4.39 Å². The zero-order valence-corrected chi connectivity index (χ0v) is 25.6. The van der Waals surface area contributed by atoms with E-state index in [1.54, 1.807) is 41.4 Å². The number of nitriles is 2. The summed E-state index contributed by atoms with van der Waals surface area (Å²) >= 11 is 0. The highest BCUT2D eigenvalue weighted by atomic mass is 19.1. The van der Waals surface area contributed by atoms with Gasteiger partial charge in [-0.2, -0.15) is 20.5 Å². The van der Waals surface area contributed by atoms with Crippen molar-refractivity contribution in [2.75, 3.05) is 50.8 Å². The van der Waals surface area contributed by atoms with Gasteiger partial charge < -0.3 is 14.5 Å². The third kappa shape index (κ3) is 5.42. The molecule has 0 aliphatic carbocycles. The summed E-state index contributed by atoms with van der Waals surface area (Å²) in [5.41, 5.74) is 1.51. The largest absolute Gasteiger partial charge is 0.461 e. The first-order chi connectivity index (χ1) is 22.3. The van der Waals surface area contributed by atoms with Crippen molar-refractivity contribution in [3.05, 3.63) is 65.9 Å². The number of fused-ring (bicyclic) bond motifs is 3. The lowest BCUT2D eigenvalue weighted by Gasteiger charge is -2.33. The second kappa shape index (κ2) is 12.6. The Hall–Kier alpha value is -5.31. The monoisotopic (exact) mass is 618 g/mol. The van der Waals surface area contributed by atoms with Crippen molar-refractivity contribution < 1.29 is 13.5 Å². The van der Waals surface area contributed by atoms with Gasteiger partial charge in [-0.05, 0) is 37.3 Å². The van der Waals surface area contributed by atoms with Gasteiger partial charge in [0.15, 0.2) is 12.0 Å². The maximum atomic E-state index is 16.6. The highest BCUT2D eigenvalue weighted by molar-refractivity contribution is 6.02. The molecule has 9 nitrogen and oxygen atoms in total. The molecule has 4 aromatic rings. The first-order valence-corrected chi connectivity index (χ1v) is 15.1. The molecule has 5 heterocycles. The minimum atomic E-state index is -0.670. The predicted octanol–water partition coefficient (Wildman–Crippen LogP) is 5.41. The van der Waals surface area contributed by atoms with Crippen molar-refractivity contribution >= 4 is 27.5 Å². The van der Waals surface area contributed by atoms with Crippen LogP contribution in [-0.4, -0.2) is 76.2 Å². The van der Waals surface area contributed by atoms with Gasteiger partial charge in [-0.3, -0.25) is 9.88 Å². The Labute approximate surface area is 266 Å². The minimum Gasteiger partial charge on any atom is -0.461 e. The topological polar surface area (TPSA) is 105 Å². The molecule has 232 valence electrons. The maximum absolute atomic E-state index is 16.6. The van der Waals surface area contributed by atoms with Crippen LogP contribution in [0.2, 0.25) is 0 Å². The first-order valence-electron chi connectivity index (χ1n) is 15.1. The zero-order valence-electron chi connectivity index (χ0n) is 25.6. The summed E-state index contributed by atoms with van der Waals surface area (Å²) in [6, 6.07) is 10.00. The molecule has 3 saturated heterocycles. The number of pyridine rings is 1. The molecular formula is C35H32F2N8O. The molecule has 46 heavy (non-hydrogen) atoms. The van der Waals surface area contributed by atoms with Crippen LogP contribution in [0, 0.1) is 46.8 Å². The number of benzene rings is 2. The number of piperazine rings is 1. The molecule has 3 aliphatic rings. The molecule has 1 unspecified atom stereocenters. The van der Waals surface area contributed by atoms with E-state index in [-0.39, 0.29) is 28.3 Å². The number of halogens is 2. The summed E-state index contributed by atoms with van der Waals surface area (Å²) in [6.07, 6.45) is 12.3. The van der Waals surface area contributed by atoms with Gasteiger partial charge in [0.05, 0.1) is 22.6 Å². The van der Waals surface area contributed by atoms with Gasteiger partial charge in [0.2, 0.25) is 0 Å². The van der Waals surface area contributed by atoms with Crippen LogP contribution in [0.15, 0.2) is 48.7 Å². The van der Waals surface area contributed by atoms with Crippen molar-refractivity contribution in [1.29, 1.82) is 10.5 Å². The standard InChI is InChI=1S/C33H29F2N7O.C2H3N/c1-3-23-26(34)9-8-22-6-4-7-24(27(22)23)29-28(35)30-25(17-37-29)31(41-14-12-40(20-36)13-15-41)39-32(38-30)43-19-33-10-5-11-42(33)18-21(2)16-33;1-2-3/h1,4,6-9,17H,2,5,10-16,18-19H2;1H3. The van der Waals surface area contributed by atoms with Crippen LogP contribution in [0.5, 0.6) is 6.01 Å². The normalized spacial score (nSPS) is 19.3. The summed E-state index contributed by atoms with van der Waals surface area (Å²) in [6.45, 7) is 9.92. The van der Waals surface area contributed by atoms with Crippen molar-refractivity contribution in [2.24, 2.45) is 0 Å². The summed E-state index contributed by atoms with van der Waals surface area (Å²) in [5.74, 6) is 1.69. The number of hydrogen-bond donors (Lipinski definition) is 0. The van der Waals surface area contributed by atoms with E-state index in [9.17, 15) is 9.65 Å². The molecule has 0 saturated carbocycles. The molecule has 3 aliphatic heterocycles. The third-order valence-electron chi connectivity index (χ3n) is 8.96. The van der Waals surface area contributed by atoms with Gasteiger partial charge >= 0.3 is 6.01 Å². The Morgan fingerprint density at radius 2 is 1.87 bits per heavy atom. The smallest absolute Gasteiger partial charge is 0.319 e. The second-order valence-corrected chi connectivity index (χ2v) is 11.7. The van der Waals surface area contributed by atoms with E-state index in [4.69, 9.17) is 21.4 Å². The van der Waals surface area contributed by atoms with Crippen molar-refractivity contribution in [3.63, 3.8) is 0 Å². The van der Waals surface area contributed by atoms with E-state index in [1.165, 1.54) is 18.6 Å². The minimum absolute atomic E-state index is 0.0118.